The van der Waals surface area contributed by atoms with Crippen LogP contribution in [0.1, 0.15) is 28.8 Å². The first-order valence-electron chi connectivity index (χ1n) is 8.67. The van der Waals surface area contributed by atoms with Crippen LogP contribution in [0.4, 0.5) is 0 Å². The number of hydrogen-bond acceptors (Lipinski definition) is 3. The minimum Gasteiger partial charge on any atom is -0.422 e. The summed E-state index contributed by atoms with van der Waals surface area (Å²) in [6.07, 6.45) is 6.21. The first-order valence-corrected chi connectivity index (χ1v) is 10.2. The van der Waals surface area contributed by atoms with Gasteiger partial charge in [-0.05, 0) is 35.9 Å². The summed E-state index contributed by atoms with van der Waals surface area (Å²) in [5.74, 6) is 7.20. The third-order valence-electron chi connectivity index (χ3n) is 4.51. The Morgan fingerprint density at radius 3 is 2.96 bits per heavy atom. The average molecular weight is 376 g/mol. The van der Waals surface area contributed by atoms with E-state index in [-0.39, 0.29) is 5.63 Å². The Balaban J connectivity index is 1.80. The second-order valence-electron chi connectivity index (χ2n) is 6.45. The molecule has 1 aromatic carbocycles. The van der Waals surface area contributed by atoms with Crippen LogP contribution in [0.25, 0.3) is 23.1 Å². The van der Waals surface area contributed by atoms with E-state index in [4.69, 9.17) is 4.42 Å². The van der Waals surface area contributed by atoms with Crippen molar-refractivity contribution in [2.75, 3.05) is 5.75 Å². The summed E-state index contributed by atoms with van der Waals surface area (Å²) in [6, 6.07) is 11.4. The molecular formula is C22H18NO3S+. The molecule has 4 nitrogen and oxygen atoms in total. The van der Waals surface area contributed by atoms with E-state index in [0.717, 1.165) is 22.2 Å². The lowest BCUT2D eigenvalue weighted by Crippen LogP contribution is -2.30. The van der Waals surface area contributed by atoms with Crippen LogP contribution in [0.2, 0.25) is 0 Å². The van der Waals surface area contributed by atoms with Gasteiger partial charge in [-0.3, -0.25) is 4.21 Å². The smallest absolute Gasteiger partial charge is 0.343 e. The number of nitrogens with zero attached hydrogens (tertiary/aromatic N) is 1. The van der Waals surface area contributed by atoms with Crippen LogP contribution in [0.3, 0.4) is 0 Å². The lowest BCUT2D eigenvalue weighted by atomic mass is 10.0. The number of benzene rings is 1. The van der Waals surface area contributed by atoms with Crippen molar-refractivity contribution in [3.8, 4) is 11.8 Å². The quantitative estimate of drug-likeness (QED) is 0.393. The zero-order valence-corrected chi connectivity index (χ0v) is 15.7. The molecule has 0 aliphatic carbocycles. The van der Waals surface area contributed by atoms with Crippen LogP contribution in [0, 0.1) is 11.8 Å². The summed E-state index contributed by atoms with van der Waals surface area (Å²) >= 11 is 0. The lowest BCUT2D eigenvalue weighted by molar-refractivity contribution is -0.673. The zero-order chi connectivity index (χ0) is 18.8. The number of fused-ring (bicyclic) bond motifs is 2. The van der Waals surface area contributed by atoms with E-state index >= 15 is 0 Å². The molecule has 0 spiro atoms. The van der Waals surface area contributed by atoms with Crippen molar-refractivity contribution < 1.29 is 13.2 Å². The zero-order valence-electron chi connectivity index (χ0n) is 14.9. The van der Waals surface area contributed by atoms with Crippen LogP contribution in [0.15, 0.2) is 51.8 Å². The first kappa shape index (κ1) is 17.4. The molecule has 1 aliphatic heterocycles. The summed E-state index contributed by atoms with van der Waals surface area (Å²) in [5, 5.41) is 0.810. The molecule has 1 atom stereocenters. The number of aryl methyl sites for hydroxylation is 1. The highest BCUT2D eigenvalue weighted by atomic mass is 32.2. The second kappa shape index (κ2) is 7.34. The third kappa shape index (κ3) is 3.76. The molecule has 27 heavy (non-hydrogen) atoms. The number of hydrogen-bond donors (Lipinski definition) is 0. The van der Waals surface area contributed by atoms with Gasteiger partial charge < -0.3 is 4.42 Å². The van der Waals surface area contributed by atoms with E-state index in [2.05, 4.69) is 11.8 Å². The molecule has 3 aromatic rings. The molecule has 3 heterocycles. The van der Waals surface area contributed by atoms with Crippen molar-refractivity contribution in [1.29, 1.82) is 0 Å². The lowest BCUT2D eigenvalue weighted by Gasteiger charge is -2.09. The van der Waals surface area contributed by atoms with Gasteiger partial charge in [0.2, 0.25) is 5.69 Å². The Morgan fingerprint density at radius 2 is 2.11 bits per heavy atom. The second-order valence-corrected chi connectivity index (χ2v) is 8.02. The molecule has 0 amide bonds. The van der Waals surface area contributed by atoms with Gasteiger partial charge in [-0.15, -0.1) is 0 Å². The van der Waals surface area contributed by atoms with Crippen LogP contribution >= 0.6 is 0 Å². The van der Waals surface area contributed by atoms with Crippen molar-refractivity contribution >= 4 is 33.9 Å². The fraction of sp³-hybridized carbons (Fsp3) is 0.182. The number of aromatic nitrogens is 1. The molecule has 2 aromatic heterocycles. The predicted molar refractivity (Wildman–Crippen MR) is 107 cm³/mol. The maximum atomic E-state index is 12.4. The van der Waals surface area contributed by atoms with E-state index in [1.807, 2.05) is 54.2 Å². The van der Waals surface area contributed by atoms with E-state index in [9.17, 15) is 9.00 Å². The first-order chi connectivity index (χ1) is 13.1. The van der Waals surface area contributed by atoms with E-state index in [1.165, 1.54) is 0 Å². The average Bonchev–Trinajstić information content (AvgIpc) is 2.64. The number of rotatable bonds is 2. The summed E-state index contributed by atoms with van der Waals surface area (Å²) < 4.78 is 19.6. The van der Waals surface area contributed by atoms with Gasteiger partial charge in [0.05, 0.1) is 5.56 Å². The molecule has 134 valence electrons. The highest BCUT2D eigenvalue weighted by Gasteiger charge is 2.12. The highest BCUT2D eigenvalue weighted by molar-refractivity contribution is 7.84. The van der Waals surface area contributed by atoms with Gasteiger partial charge in [0, 0.05) is 57.9 Å². The van der Waals surface area contributed by atoms with Gasteiger partial charge in [0.15, 0.2) is 6.20 Å². The minimum atomic E-state index is -0.925. The van der Waals surface area contributed by atoms with Crippen LogP contribution in [-0.4, -0.2) is 9.96 Å². The summed E-state index contributed by atoms with van der Waals surface area (Å²) in [7, 11) is 1.02. The normalized spacial score (nSPS) is 16.4. The maximum absolute atomic E-state index is 12.4. The Kier molecular flexibility index (Phi) is 4.74. The van der Waals surface area contributed by atoms with Crippen molar-refractivity contribution in [2.24, 2.45) is 7.05 Å². The Hall–Kier alpha value is -2.97. The standard InChI is InChI=1S/C22H18NO3S/c1-23-10-4-2-7-20(23)9-8-17-12-18-13-19-15-27(25)11-5-3-6-16(19)14-21(18)26-22(17)24/h2,4,7-10,12-14H,5,11,15H2,1H3/q+1. The van der Waals surface area contributed by atoms with Gasteiger partial charge in [-0.25, -0.2) is 9.36 Å². The Morgan fingerprint density at radius 1 is 1.22 bits per heavy atom. The SMILES string of the molecule is C[n+]1ccccc1C=Cc1cc2cc3c(cc2oc1=O)C#CCCS(=O)C3. The molecular weight excluding hydrogens is 358 g/mol. The molecule has 1 unspecified atom stereocenters. The van der Waals surface area contributed by atoms with Crippen molar-refractivity contribution in [1.82, 2.24) is 0 Å². The molecule has 0 bridgehead atoms. The van der Waals surface area contributed by atoms with Crippen LogP contribution in [0.5, 0.6) is 0 Å². The molecule has 0 N–H and O–H groups in total. The van der Waals surface area contributed by atoms with Crippen LogP contribution < -0.4 is 10.2 Å². The van der Waals surface area contributed by atoms with Crippen LogP contribution in [-0.2, 0) is 23.6 Å². The van der Waals surface area contributed by atoms with Crippen molar-refractivity contribution in [2.45, 2.75) is 12.2 Å². The molecule has 0 radical (unpaired) electrons. The molecule has 0 saturated carbocycles. The fourth-order valence-corrected chi connectivity index (χ4v) is 4.09. The topological polar surface area (TPSA) is 51.2 Å². The predicted octanol–water partition coefficient (Wildman–Crippen LogP) is 2.79. The third-order valence-corrected chi connectivity index (χ3v) is 5.80. The van der Waals surface area contributed by atoms with Gasteiger partial charge >= 0.3 is 5.63 Å². The molecule has 1 aliphatic rings. The van der Waals surface area contributed by atoms with Crippen molar-refractivity contribution in [3.05, 3.63) is 75.4 Å². The highest BCUT2D eigenvalue weighted by Crippen LogP contribution is 2.22. The molecule has 0 fully saturated rings. The van der Waals surface area contributed by atoms with Gasteiger partial charge in [-0.1, -0.05) is 11.8 Å². The number of pyridine rings is 1. The van der Waals surface area contributed by atoms with Gasteiger partial charge in [0.25, 0.3) is 0 Å². The summed E-state index contributed by atoms with van der Waals surface area (Å²) in [4.78, 5) is 12.4. The fourth-order valence-electron chi connectivity index (χ4n) is 3.04. The maximum Gasteiger partial charge on any atom is 0.343 e. The minimum absolute atomic E-state index is 0.389. The largest absolute Gasteiger partial charge is 0.422 e. The summed E-state index contributed by atoms with van der Waals surface area (Å²) in [6.45, 7) is 0. The van der Waals surface area contributed by atoms with Gasteiger partial charge in [-0.2, -0.15) is 0 Å². The van der Waals surface area contributed by atoms with Gasteiger partial charge in [0.1, 0.15) is 12.6 Å². The van der Waals surface area contributed by atoms with E-state index < -0.39 is 10.8 Å². The molecule has 4 rings (SSSR count). The van der Waals surface area contributed by atoms with E-state index in [0.29, 0.717) is 29.1 Å². The van der Waals surface area contributed by atoms with E-state index in [1.54, 1.807) is 12.1 Å². The molecule has 5 heteroatoms. The molecule has 0 saturated heterocycles. The Labute approximate surface area is 159 Å². The van der Waals surface area contributed by atoms with Crippen molar-refractivity contribution in [3.63, 3.8) is 0 Å². The monoisotopic (exact) mass is 376 g/mol. The Bertz CT molecular complexity index is 1210. The summed E-state index contributed by atoms with van der Waals surface area (Å²) in [5.41, 5.74) is 3.29.